The fraction of sp³-hybridized carbons (Fsp3) is 0.458. The molecule has 5 heteroatoms. The standard InChI is InChI=1S/C24H25ClFNO2/c25-24(28)15-7-9-27(10-8-15)14-19-13-22-20-4-2-1-3-16(20)11-17-5-6-18(26)12-21(17)23(22)29-19/h1-6,12,15,19,22-23H,7-11,13-14H2/t19-,22+,23-/m0/s1. The van der Waals surface area contributed by atoms with E-state index in [0.29, 0.717) is 0 Å². The summed E-state index contributed by atoms with van der Waals surface area (Å²) in [6, 6.07) is 13.7. The topological polar surface area (TPSA) is 29.5 Å². The van der Waals surface area contributed by atoms with Crippen LogP contribution in [0.4, 0.5) is 4.39 Å². The molecule has 0 aromatic heterocycles. The minimum atomic E-state index is -0.209. The molecule has 0 N–H and O–H groups in total. The van der Waals surface area contributed by atoms with Gasteiger partial charge in [-0.2, -0.15) is 0 Å². The zero-order chi connectivity index (χ0) is 20.0. The van der Waals surface area contributed by atoms with Crippen molar-refractivity contribution in [1.82, 2.24) is 4.90 Å². The van der Waals surface area contributed by atoms with Crippen LogP contribution in [0.25, 0.3) is 0 Å². The van der Waals surface area contributed by atoms with Crippen molar-refractivity contribution in [1.29, 1.82) is 0 Å². The lowest BCUT2D eigenvalue weighted by molar-refractivity contribution is -0.116. The van der Waals surface area contributed by atoms with Crippen LogP contribution in [-0.4, -0.2) is 35.9 Å². The van der Waals surface area contributed by atoms with Crippen LogP contribution in [0.2, 0.25) is 0 Å². The molecule has 2 aromatic carbocycles. The van der Waals surface area contributed by atoms with Gasteiger partial charge in [0.15, 0.2) is 0 Å². The van der Waals surface area contributed by atoms with Crippen molar-refractivity contribution in [3.8, 4) is 0 Å². The summed E-state index contributed by atoms with van der Waals surface area (Å²) in [6.45, 7) is 2.60. The smallest absolute Gasteiger partial charge is 0.224 e. The van der Waals surface area contributed by atoms with Gasteiger partial charge in [0.1, 0.15) is 5.82 Å². The van der Waals surface area contributed by atoms with E-state index in [0.717, 1.165) is 56.4 Å². The van der Waals surface area contributed by atoms with Crippen molar-refractivity contribution >= 4 is 16.8 Å². The molecule has 0 unspecified atom stereocenters. The van der Waals surface area contributed by atoms with Gasteiger partial charge in [-0.25, -0.2) is 4.39 Å². The average molecular weight is 414 g/mol. The lowest BCUT2D eigenvalue weighted by atomic mass is 9.87. The zero-order valence-corrected chi connectivity index (χ0v) is 17.1. The molecule has 0 radical (unpaired) electrons. The minimum Gasteiger partial charge on any atom is -0.368 e. The lowest BCUT2D eigenvalue weighted by Crippen LogP contribution is -2.39. The number of likely N-dealkylation sites (tertiary alicyclic amines) is 1. The number of piperidine rings is 1. The Labute approximate surface area is 175 Å². The van der Waals surface area contributed by atoms with E-state index in [4.69, 9.17) is 16.3 Å². The van der Waals surface area contributed by atoms with E-state index < -0.39 is 0 Å². The van der Waals surface area contributed by atoms with E-state index >= 15 is 0 Å². The molecule has 0 saturated carbocycles. The number of carbonyl (C=O) groups is 1. The maximum absolute atomic E-state index is 14.1. The molecule has 0 spiro atoms. The van der Waals surface area contributed by atoms with Crippen LogP contribution in [-0.2, 0) is 16.0 Å². The van der Waals surface area contributed by atoms with Gasteiger partial charge in [0.2, 0.25) is 5.24 Å². The number of hydrogen-bond donors (Lipinski definition) is 0. The summed E-state index contributed by atoms with van der Waals surface area (Å²) in [4.78, 5) is 13.8. The number of rotatable bonds is 3. The van der Waals surface area contributed by atoms with Gasteiger partial charge in [-0.3, -0.25) is 4.79 Å². The number of nitrogens with zero attached hydrogens (tertiary/aromatic N) is 1. The molecule has 2 aliphatic heterocycles. The summed E-state index contributed by atoms with van der Waals surface area (Å²) in [5.41, 5.74) is 4.81. The normalized spacial score (nSPS) is 27.0. The van der Waals surface area contributed by atoms with Gasteiger partial charge in [0, 0.05) is 18.4 Å². The molecule has 0 bridgehead atoms. The van der Waals surface area contributed by atoms with Gasteiger partial charge in [-0.1, -0.05) is 30.3 Å². The van der Waals surface area contributed by atoms with Gasteiger partial charge in [-0.15, -0.1) is 0 Å². The van der Waals surface area contributed by atoms with E-state index in [2.05, 4.69) is 29.2 Å². The number of halogens is 2. The highest BCUT2D eigenvalue weighted by Gasteiger charge is 2.41. The van der Waals surface area contributed by atoms with Crippen LogP contribution in [0.5, 0.6) is 0 Å². The van der Waals surface area contributed by atoms with Crippen LogP contribution in [0.1, 0.15) is 53.5 Å². The molecule has 2 heterocycles. The first-order valence-corrected chi connectivity index (χ1v) is 10.9. The molecule has 0 amide bonds. The molecular weight excluding hydrogens is 389 g/mol. The molecule has 3 atom stereocenters. The quantitative estimate of drug-likeness (QED) is 0.675. The molecule has 3 nitrogen and oxygen atoms in total. The fourth-order valence-corrected chi connectivity index (χ4v) is 5.56. The third-order valence-corrected chi connectivity index (χ3v) is 7.15. The second-order valence-electron chi connectivity index (χ2n) is 8.62. The largest absolute Gasteiger partial charge is 0.368 e. The van der Waals surface area contributed by atoms with Crippen LogP contribution in [0, 0.1) is 11.7 Å². The van der Waals surface area contributed by atoms with E-state index in [1.807, 2.05) is 6.07 Å². The van der Waals surface area contributed by atoms with Crippen LogP contribution < -0.4 is 0 Å². The highest BCUT2D eigenvalue weighted by molar-refractivity contribution is 6.63. The Hall–Kier alpha value is -1.75. The maximum Gasteiger partial charge on any atom is 0.224 e. The highest BCUT2D eigenvalue weighted by Crippen LogP contribution is 2.49. The van der Waals surface area contributed by atoms with E-state index in [-0.39, 0.29) is 35.1 Å². The summed E-state index contributed by atoms with van der Waals surface area (Å²) in [6.07, 6.45) is 3.41. The first kappa shape index (κ1) is 19.2. The van der Waals surface area contributed by atoms with E-state index in [1.54, 1.807) is 12.1 Å². The molecule has 152 valence electrons. The third-order valence-electron chi connectivity index (χ3n) is 6.84. The molecular formula is C24H25ClFNO2. The van der Waals surface area contributed by atoms with E-state index in [1.165, 1.54) is 11.1 Å². The number of ether oxygens (including phenoxy) is 1. The first-order chi connectivity index (χ1) is 14.1. The monoisotopic (exact) mass is 413 g/mol. The van der Waals surface area contributed by atoms with Gasteiger partial charge >= 0.3 is 0 Å². The van der Waals surface area contributed by atoms with Gasteiger partial charge < -0.3 is 9.64 Å². The Kier molecular flexibility index (Phi) is 5.19. The van der Waals surface area contributed by atoms with Gasteiger partial charge in [0.05, 0.1) is 12.2 Å². The molecule has 5 rings (SSSR count). The average Bonchev–Trinajstić information content (AvgIpc) is 3.08. The molecule has 2 aromatic rings. The second kappa shape index (κ2) is 7.82. The summed E-state index contributed by atoms with van der Waals surface area (Å²) in [7, 11) is 0. The molecule has 1 aliphatic carbocycles. The number of benzene rings is 2. The Morgan fingerprint density at radius 2 is 1.86 bits per heavy atom. The highest BCUT2D eigenvalue weighted by atomic mass is 35.5. The third kappa shape index (κ3) is 3.74. The van der Waals surface area contributed by atoms with Gasteiger partial charge in [0.25, 0.3) is 0 Å². The van der Waals surface area contributed by atoms with Crippen molar-refractivity contribution in [3.63, 3.8) is 0 Å². The predicted octanol–water partition coefficient (Wildman–Crippen LogP) is 4.82. The van der Waals surface area contributed by atoms with Crippen LogP contribution in [0.3, 0.4) is 0 Å². The summed E-state index contributed by atoms with van der Waals surface area (Å²) in [5, 5.41) is -0.209. The van der Waals surface area contributed by atoms with Crippen molar-refractivity contribution < 1.29 is 13.9 Å². The first-order valence-electron chi connectivity index (χ1n) is 10.5. The van der Waals surface area contributed by atoms with Gasteiger partial charge in [-0.05, 0) is 84.8 Å². The van der Waals surface area contributed by atoms with E-state index in [9.17, 15) is 9.18 Å². The number of carbonyl (C=O) groups excluding carboxylic acids is 1. The Morgan fingerprint density at radius 1 is 1.10 bits per heavy atom. The Morgan fingerprint density at radius 3 is 2.66 bits per heavy atom. The Balaban J connectivity index is 1.38. The zero-order valence-electron chi connectivity index (χ0n) is 16.3. The predicted molar refractivity (Wildman–Crippen MR) is 111 cm³/mol. The van der Waals surface area contributed by atoms with Crippen molar-refractivity contribution in [2.24, 2.45) is 5.92 Å². The molecule has 2 fully saturated rings. The number of hydrogen-bond acceptors (Lipinski definition) is 3. The molecule has 3 aliphatic rings. The second-order valence-corrected chi connectivity index (χ2v) is 8.99. The SMILES string of the molecule is O=C(Cl)C1CCN(C[C@@H]2C[C@@H]3c4ccccc4Cc4ccc(F)cc4[C@@H]3O2)CC1. The number of fused-ring (bicyclic) bond motifs is 5. The van der Waals surface area contributed by atoms with Crippen molar-refractivity contribution in [2.45, 2.75) is 43.8 Å². The lowest BCUT2D eigenvalue weighted by Gasteiger charge is -2.32. The molecule has 29 heavy (non-hydrogen) atoms. The van der Waals surface area contributed by atoms with Crippen molar-refractivity contribution in [3.05, 3.63) is 70.5 Å². The van der Waals surface area contributed by atoms with Crippen molar-refractivity contribution in [2.75, 3.05) is 19.6 Å². The minimum absolute atomic E-state index is 0.00904. The fourth-order valence-electron chi connectivity index (χ4n) is 5.35. The maximum atomic E-state index is 14.1. The summed E-state index contributed by atoms with van der Waals surface area (Å²) >= 11 is 5.67. The summed E-state index contributed by atoms with van der Waals surface area (Å²) < 4.78 is 20.6. The summed E-state index contributed by atoms with van der Waals surface area (Å²) in [5.74, 6) is 0.0414. The molecule has 2 saturated heterocycles. The van der Waals surface area contributed by atoms with Crippen LogP contribution in [0.15, 0.2) is 42.5 Å². The Bertz CT molecular complexity index is 925. The van der Waals surface area contributed by atoms with Crippen LogP contribution >= 0.6 is 11.6 Å².